The zero-order chi connectivity index (χ0) is 13.4. The molecule has 4 heteroatoms. The molecule has 2 rings (SSSR count). The molecule has 0 saturated carbocycles. The van der Waals surface area contributed by atoms with Crippen LogP contribution in [0.3, 0.4) is 0 Å². The molecule has 2 N–H and O–H groups in total. The maximum Gasteiger partial charge on any atom is 0.258 e. The first kappa shape index (κ1) is 12.4. The number of rotatable bonds is 2. The molecule has 18 heavy (non-hydrogen) atoms. The van der Waals surface area contributed by atoms with Gasteiger partial charge in [-0.05, 0) is 26.8 Å². The number of fused-ring (bicyclic) bond motifs is 1. The Morgan fingerprint density at radius 1 is 1.22 bits per heavy atom. The van der Waals surface area contributed by atoms with Gasteiger partial charge in [0.15, 0.2) is 0 Å². The van der Waals surface area contributed by atoms with Crippen molar-refractivity contribution in [1.29, 1.82) is 0 Å². The molecule has 0 aliphatic carbocycles. The summed E-state index contributed by atoms with van der Waals surface area (Å²) in [4.78, 5) is 24.0. The topological polar surface area (TPSA) is 65.1 Å². The van der Waals surface area contributed by atoms with Crippen LogP contribution in [-0.2, 0) is 0 Å². The van der Waals surface area contributed by atoms with Crippen molar-refractivity contribution in [3.63, 3.8) is 0 Å². The van der Waals surface area contributed by atoms with Gasteiger partial charge in [-0.15, -0.1) is 0 Å². The van der Waals surface area contributed by atoms with Crippen LogP contribution >= 0.6 is 0 Å². The van der Waals surface area contributed by atoms with Crippen molar-refractivity contribution < 1.29 is 4.79 Å². The Balaban J connectivity index is 3.07. The van der Waals surface area contributed by atoms with Gasteiger partial charge < -0.3 is 10.3 Å². The van der Waals surface area contributed by atoms with Crippen LogP contribution in [0, 0.1) is 6.92 Å². The van der Waals surface area contributed by atoms with Gasteiger partial charge in [0, 0.05) is 22.5 Å². The fourth-order valence-electron chi connectivity index (χ4n) is 2.42. The number of carbonyl (C=O) groups excluding carboxylic acids is 1. The molecule has 0 aliphatic heterocycles. The number of pyridine rings is 1. The SMILES string of the molecule is Cc1c(C(N)=O)c2ccccc2c(=O)n1C(C)C. The lowest BCUT2D eigenvalue weighted by atomic mass is 10.0. The molecule has 0 atom stereocenters. The van der Waals surface area contributed by atoms with Crippen LogP contribution in [0.25, 0.3) is 10.8 Å². The number of carbonyl (C=O) groups is 1. The molecule has 0 unspecified atom stereocenters. The van der Waals surface area contributed by atoms with Crippen LogP contribution in [0.5, 0.6) is 0 Å². The standard InChI is InChI=1S/C14H16N2O2/c1-8(2)16-9(3)12(13(15)17)10-6-4-5-7-11(10)14(16)18/h4-8H,1-3H3,(H2,15,17). The van der Waals surface area contributed by atoms with Crippen molar-refractivity contribution in [2.24, 2.45) is 5.73 Å². The van der Waals surface area contributed by atoms with Crippen molar-refractivity contribution in [2.45, 2.75) is 26.8 Å². The van der Waals surface area contributed by atoms with E-state index in [1.54, 1.807) is 35.8 Å². The van der Waals surface area contributed by atoms with Crippen molar-refractivity contribution in [1.82, 2.24) is 4.57 Å². The average Bonchev–Trinajstić information content (AvgIpc) is 2.28. The highest BCUT2D eigenvalue weighted by atomic mass is 16.1. The van der Waals surface area contributed by atoms with Crippen LogP contribution in [-0.4, -0.2) is 10.5 Å². The highest BCUT2D eigenvalue weighted by Gasteiger charge is 2.18. The third-order valence-corrected chi connectivity index (χ3v) is 3.13. The summed E-state index contributed by atoms with van der Waals surface area (Å²) in [7, 11) is 0. The molecular weight excluding hydrogens is 228 g/mol. The third kappa shape index (κ3) is 1.70. The first-order chi connectivity index (χ1) is 8.45. The fourth-order valence-corrected chi connectivity index (χ4v) is 2.42. The molecule has 1 amide bonds. The summed E-state index contributed by atoms with van der Waals surface area (Å²) in [5.41, 5.74) is 6.42. The second-order valence-corrected chi connectivity index (χ2v) is 4.64. The number of hydrogen-bond donors (Lipinski definition) is 1. The lowest BCUT2D eigenvalue weighted by Crippen LogP contribution is -2.28. The van der Waals surface area contributed by atoms with Gasteiger partial charge in [-0.25, -0.2) is 0 Å². The zero-order valence-corrected chi connectivity index (χ0v) is 10.7. The minimum atomic E-state index is -0.502. The summed E-state index contributed by atoms with van der Waals surface area (Å²) in [6, 6.07) is 7.05. The molecule has 94 valence electrons. The van der Waals surface area contributed by atoms with E-state index in [0.717, 1.165) is 0 Å². The van der Waals surface area contributed by atoms with Crippen molar-refractivity contribution in [3.8, 4) is 0 Å². The highest BCUT2D eigenvalue weighted by Crippen LogP contribution is 2.20. The van der Waals surface area contributed by atoms with Gasteiger partial charge in [0.1, 0.15) is 0 Å². The predicted octanol–water partition coefficient (Wildman–Crippen LogP) is 1.99. The molecule has 0 spiro atoms. The Morgan fingerprint density at radius 2 is 1.78 bits per heavy atom. The highest BCUT2D eigenvalue weighted by molar-refractivity contribution is 6.06. The number of amides is 1. The Kier molecular flexibility index (Phi) is 2.95. The first-order valence-corrected chi connectivity index (χ1v) is 5.88. The normalized spacial score (nSPS) is 11.1. The van der Waals surface area contributed by atoms with E-state index in [2.05, 4.69) is 0 Å². The molecule has 0 aliphatic rings. The predicted molar refractivity (Wildman–Crippen MR) is 71.8 cm³/mol. The van der Waals surface area contributed by atoms with Crippen molar-refractivity contribution in [2.75, 3.05) is 0 Å². The molecule has 1 aromatic carbocycles. The third-order valence-electron chi connectivity index (χ3n) is 3.13. The summed E-state index contributed by atoms with van der Waals surface area (Å²) < 4.78 is 1.61. The second kappa shape index (κ2) is 4.29. The Morgan fingerprint density at radius 3 is 2.28 bits per heavy atom. The minimum absolute atomic E-state index is 0.0137. The number of nitrogens with zero attached hydrogens (tertiary/aromatic N) is 1. The van der Waals surface area contributed by atoms with E-state index in [9.17, 15) is 9.59 Å². The number of nitrogens with two attached hydrogens (primary N) is 1. The van der Waals surface area contributed by atoms with Crippen LogP contribution < -0.4 is 11.3 Å². The lowest BCUT2D eigenvalue weighted by molar-refractivity contribution is 0.100. The number of benzene rings is 1. The molecule has 0 fully saturated rings. The number of primary amides is 1. The van der Waals surface area contributed by atoms with Crippen molar-refractivity contribution in [3.05, 3.63) is 45.9 Å². The van der Waals surface area contributed by atoms with Gasteiger partial charge in [-0.3, -0.25) is 9.59 Å². The minimum Gasteiger partial charge on any atom is -0.366 e. The van der Waals surface area contributed by atoms with Gasteiger partial charge in [0.25, 0.3) is 11.5 Å². The van der Waals surface area contributed by atoms with E-state index in [0.29, 0.717) is 22.0 Å². The van der Waals surface area contributed by atoms with Crippen LogP contribution in [0.1, 0.15) is 35.9 Å². The quantitative estimate of drug-likeness (QED) is 0.878. The molecule has 0 saturated heterocycles. The van der Waals surface area contributed by atoms with E-state index in [1.807, 2.05) is 13.8 Å². The van der Waals surface area contributed by atoms with Gasteiger partial charge in [0.2, 0.25) is 0 Å². The summed E-state index contributed by atoms with van der Waals surface area (Å²) in [6.45, 7) is 5.58. The smallest absolute Gasteiger partial charge is 0.258 e. The van der Waals surface area contributed by atoms with E-state index in [4.69, 9.17) is 5.73 Å². The molecular formula is C14H16N2O2. The molecule has 1 aromatic heterocycles. The van der Waals surface area contributed by atoms with E-state index >= 15 is 0 Å². The summed E-state index contributed by atoms with van der Waals surface area (Å²) in [5, 5.41) is 1.16. The van der Waals surface area contributed by atoms with E-state index in [-0.39, 0.29) is 11.6 Å². The largest absolute Gasteiger partial charge is 0.366 e. The van der Waals surface area contributed by atoms with Crippen LogP contribution in [0.15, 0.2) is 29.1 Å². The van der Waals surface area contributed by atoms with Gasteiger partial charge >= 0.3 is 0 Å². The molecule has 0 radical (unpaired) electrons. The summed E-state index contributed by atoms with van der Waals surface area (Å²) in [5.74, 6) is -0.502. The maximum absolute atomic E-state index is 12.4. The Hall–Kier alpha value is -2.10. The second-order valence-electron chi connectivity index (χ2n) is 4.64. The average molecular weight is 244 g/mol. The zero-order valence-electron chi connectivity index (χ0n) is 10.7. The van der Waals surface area contributed by atoms with E-state index < -0.39 is 5.91 Å². The van der Waals surface area contributed by atoms with E-state index in [1.165, 1.54) is 0 Å². The number of hydrogen-bond acceptors (Lipinski definition) is 2. The Bertz CT molecular complexity index is 684. The summed E-state index contributed by atoms with van der Waals surface area (Å²) >= 11 is 0. The lowest BCUT2D eigenvalue weighted by Gasteiger charge is -2.18. The molecule has 4 nitrogen and oxygen atoms in total. The van der Waals surface area contributed by atoms with Crippen molar-refractivity contribution >= 4 is 16.7 Å². The molecule has 1 heterocycles. The van der Waals surface area contributed by atoms with Crippen LogP contribution in [0.2, 0.25) is 0 Å². The van der Waals surface area contributed by atoms with Crippen LogP contribution in [0.4, 0.5) is 0 Å². The van der Waals surface area contributed by atoms with Gasteiger partial charge in [0.05, 0.1) is 5.56 Å². The van der Waals surface area contributed by atoms with Gasteiger partial charge in [-0.2, -0.15) is 0 Å². The first-order valence-electron chi connectivity index (χ1n) is 5.88. The molecule has 2 aromatic rings. The van der Waals surface area contributed by atoms with Gasteiger partial charge in [-0.1, -0.05) is 18.2 Å². The fraction of sp³-hybridized carbons (Fsp3) is 0.286. The summed E-state index contributed by atoms with van der Waals surface area (Å²) in [6.07, 6.45) is 0. The Labute approximate surface area is 105 Å². The molecule has 0 bridgehead atoms. The number of aromatic nitrogens is 1. The maximum atomic E-state index is 12.4. The monoisotopic (exact) mass is 244 g/mol.